The third-order valence-corrected chi connectivity index (χ3v) is 5.23. The zero-order valence-electron chi connectivity index (χ0n) is 14.2. The maximum atomic E-state index is 12.8. The second kappa shape index (κ2) is 9.73. The van der Waals surface area contributed by atoms with E-state index in [1.54, 1.807) is 16.3 Å². The van der Waals surface area contributed by atoms with Crippen LogP contribution in [0, 0.1) is 0 Å². The van der Waals surface area contributed by atoms with Gasteiger partial charge in [0.15, 0.2) is 0 Å². The lowest BCUT2D eigenvalue weighted by Crippen LogP contribution is -2.40. The van der Waals surface area contributed by atoms with E-state index in [-0.39, 0.29) is 43.2 Å². The van der Waals surface area contributed by atoms with Crippen LogP contribution >= 0.6 is 36.2 Å². The Morgan fingerprint density at radius 1 is 1.33 bits per heavy atom. The Bertz CT molecular complexity index is 770. The third-order valence-electron chi connectivity index (χ3n) is 4.29. The van der Waals surface area contributed by atoms with Gasteiger partial charge in [0.1, 0.15) is 5.01 Å². The average Bonchev–Trinajstić information content (AvgIpc) is 3.23. The molecule has 0 radical (unpaired) electrons. The van der Waals surface area contributed by atoms with Crippen molar-refractivity contribution in [2.75, 3.05) is 13.1 Å². The zero-order chi connectivity index (χ0) is 18.0. The Labute approximate surface area is 171 Å². The van der Waals surface area contributed by atoms with E-state index >= 15 is 0 Å². The first-order valence-corrected chi connectivity index (χ1v) is 8.88. The van der Waals surface area contributed by atoms with Gasteiger partial charge in [-0.3, -0.25) is 4.79 Å². The predicted octanol–water partition coefficient (Wildman–Crippen LogP) is 4.16. The molecule has 2 aromatic rings. The number of carbonyl (C=O) groups excluding carboxylic acids is 1. The van der Waals surface area contributed by atoms with Gasteiger partial charge in [-0.1, -0.05) is 12.1 Å². The molecule has 3 rings (SSSR count). The van der Waals surface area contributed by atoms with E-state index < -0.39 is 11.7 Å². The number of thiazole rings is 1. The van der Waals surface area contributed by atoms with Gasteiger partial charge in [0, 0.05) is 30.1 Å². The fourth-order valence-corrected chi connectivity index (χ4v) is 3.83. The van der Waals surface area contributed by atoms with E-state index in [1.165, 1.54) is 17.4 Å². The average molecular weight is 442 g/mol. The highest BCUT2D eigenvalue weighted by molar-refractivity contribution is 7.13. The molecule has 0 saturated carbocycles. The van der Waals surface area contributed by atoms with Crippen LogP contribution < -0.4 is 5.73 Å². The molecule has 150 valence electrons. The van der Waals surface area contributed by atoms with Gasteiger partial charge < -0.3 is 10.6 Å². The van der Waals surface area contributed by atoms with Crippen LogP contribution in [0.15, 0.2) is 29.6 Å². The quantitative estimate of drug-likeness (QED) is 0.774. The second-order valence-corrected chi connectivity index (χ2v) is 6.88. The summed E-state index contributed by atoms with van der Waals surface area (Å²) in [5.74, 6) is -0.0335. The summed E-state index contributed by atoms with van der Waals surface area (Å²) in [5, 5.41) is 2.20. The number of carbonyl (C=O) groups is 1. The van der Waals surface area contributed by atoms with Crippen LogP contribution in [0.4, 0.5) is 13.2 Å². The summed E-state index contributed by atoms with van der Waals surface area (Å²) in [7, 11) is 0. The molecule has 0 spiro atoms. The number of amides is 1. The van der Waals surface area contributed by atoms with Crippen molar-refractivity contribution in [3.8, 4) is 10.6 Å². The van der Waals surface area contributed by atoms with E-state index in [9.17, 15) is 18.0 Å². The largest absolute Gasteiger partial charge is 0.416 e. The van der Waals surface area contributed by atoms with Crippen LogP contribution in [0.1, 0.15) is 24.1 Å². The van der Waals surface area contributed by atoms with Gasteiger partial charge in [0.05, 0.1) is 17.7 Å². The number of alkyl halides is 3. The Hall–Kier alpha value is -1.35. The number of likely N-dealkylation sites (tertiary alicyclic amines) is 1. The molecule has 0 aliphatic carbocycles. The Morgan fingerprint density at radius 3 is 2.74 bits per heavy atom. The number of hydrogen-bond acceptors (Lipinski definition) is 4. The lowest BCUT2D eigenvalue weighted by Gasteiger charge is -2.23. The van der Waals surface area contributed by atoms with Crippen LogP contribution in [0.5, 0.6) is 0 Å². The highest BCUT2D eigenvalue weighted by atomic mass is 35.5. The molecule has 1 aliphatic rings. The predicted molar refractivity (Wildman–Crippen MR) is 105 cm³/mol. The summed E-state index contributed by atoms with van der Waals surface area (Å²) >= 11 is 1.24. The lowest BCUT2D eigenvalue weighted by atomic mass is 10.1. The van der Waals surface area contributed by atoms with E-state index in [2.05, 4.69) is 4.98 Å². The molecular formula is C17H20Cl2F3N3OS. The van der Waals surface area contributed by atoms with Crippen molar-refractivity contribution < 1.29 is 18.0 Å². The molecule has 2 heterocycles. The molecular weight excluding hydrogens is 422 g/mol. The minimum absolute atomic E-state index is 0. The highest BCUT2D eigenvalue weighted by Gasteiger charge is 2.31. The highest BCUT2D eigenvalue weighted by Crippen LogP contribution is 2.33. The number of nitrogens with two attached hydrogens (primary N) is 1. The Morgan fingerprint density at radius 2 is 2.07 bits per heavy atom. The van der Waals surface area contributed by atoms with Gasteiger partial charge >= 0.3 is 6.18 Å². The van der Waals surface area contributed by atoms with Crippen LogP contribution in [0.2, 0.25) is 0 Å². The molecule has 1 aliphatic heterocycles. The van der Waals surface area contributed by atoms with Crippen molar-refractivity contribution in [1.29, 1.82) is 0 Å². The molecule has 0 bridgehead atoms. The first-order chi connectivity index (χ1) is 11.9. The summed E-state index contributed by atoms with van der Waals surface area (Å²) in [4.78, 5) is 18.5. The minimum Gasteiger partial charge on any atom is -0.338 e. The SMILES string of the molecule is Cl.Cl.NCC1CCCN1C(=O)Cc1csc(-c2cccc(C(F)(F)F)c2)n1. The molecule has 27 heavy (non-hydrogen) atoms. The number of benzene rings is 1. The van der Waals surface area contributed by atoms with Gasteiger partial charge in [-0.05, 0) is 25.0 Å². The molecule has 1 unspecified atom stereocenters. The summed E-state index contributed by atoms with van der Waals surface area (Å²) in [6.45, 7) is 1.14. The van der Waals surface area contributed by atoms with Gasteiger partial charge in [-0.15, -0.1) is 36.2 Å². The number of halogens is 5. The van der Waals surface area contributed by atoms with Gasteiger partial charge in [0.25, 0.3) is 0 Å². The Kier molecular flexibility index (Phi) is 8.53. The van der Waals surface area contributed by atoms with Crippen LogP contribution in [-0.4, -0.2) is 34.9 Å². The van der Waals surface area contributed by atoms with Crippen LogP contribution in [0.3, 0.4) is 0 Å². The molecule has 2 N–H and O–H groups in total. The normalized spacial score (nSPS) is 16.6. The monoisotopic (exact) mass is 441 g/mol. The molecule has 1 amide bonds. The Balaban J connectivity index is 0.00000182. The molecule has 1 atom stereocenters. The van der Waals surface area contributed by atoms with Crippen LogP contribution in [0.25, 0.3) is 10.6 Å². The fourth-order valence-electron chi connectivity index (χ4n) is 3.01. The van der Waals surface area contributed by atoms with E-state index in [4.69, 9.17) is 5.73 Å². The van der Waals surface area contributed by atoms with Crippen molar-refractivity contribution in [2.45, 2.75) is 31.5 Å². The number of hydrogen-bond donors (Lipinski definition) is 1. The molecule has 10 heteroatoms. The van der Waals surface area contributed by atoms with E-state index in [0.717, 1.165) is 25.0 Å². The van der Waals surface area contributed by atoms with Gasteiger partial charge in [-0.2, -0.15) is 13.2 Å². The molecule has 1 fully saturated rings. The maximum absolute atomic E-state index is 12.8. The third kappa shape index (κ3) is 5.57. The standard InChI is InChI=1S/C17H18F3N3OS.2ClH/c18-17(19,20)12-4-1-3-11(7-12)16-22-13(10-25-16)8-15(24)23-6-2-5-14(23)9-21;;/h1,3-4,7,10,14H,2,5-6,8-9,21H2;2*1H. The number of nitrogens with zero attached hydrogens (tertiary/aromatic N) is 2. The first-order valence-electron chi connectivity index (χ1n) is 8.00. The van der Waals surface area contributed by atoms with E-state index in [1.807, 2.05) is 0 Å². The minimum atomic E-state index is -4.39. The van der Waals surface area contributed by atoms with Crippen molar-refractivity contribution in [3.05, 3.63) is 40.9 Å². The summed E-state index contributed by atoms with van der Waals surface area (Å²) in [6, 6.07) is 5.14. The van der Waals surface area contributed by atoms with E-state index in [0.29, 0.717) is 29.4 Å². The topological polar surface area (TPSA) is 59.2 Å². The fraction of sp³-hybridized carbons (Fsp3) is 0.412. The first kappa shape index (κ1) is 23.7. The van der Waals surface area contributed by atoms with Crippen LogP contribution in [-0.2, 0) is 17.4 Å². The van der Waals surface area contributed by atoms with Gasteiger partial charge in [-0.25, -0.2) is 4.98 Å². The summed E-state index contributed by atoms with van der Waals surface area (Å²) in [6.07, 6.45) is -2.39. The molecule has 4 nitrogen and oxygen atoms in total. The van der Waals surface area contributed by atoms with Crippen molar-refractivity contribution >= 4 is 42.1 Å². The molecule has 1 aromatic heterocycles. The number of aromatic nitrogens is 1. The van der Waals surface area contributed by atoms with Crippen molar-refractivity contribution in [1.82, 2.24) is 9.88 Å². The zero-order valence-corrected chi connectivity index (χ0v) is 16.7. The summed E-state index contributed by atoms with van der Waals surface area (Å²) < 4.78 is 38.5. The summed E-state index contributed by atoms with van der Waals surface area (Å²) in [5.41, 5.74) is 5.95. The molecule has 1 saturated heterocycles. The lowest BCUT2D eigenvalue weighted by molar-refractivity contribution is -0.137. The van der Waals surface area contributed by atoms with Crippen molar-refractivity contribution in [3.63, 3.8) is 0 Å². The van der Waals surface area contributed by atoms with Crippen molar-refractivity contribution in [2.24, 2.45) is 5.73 Å². The van der Waals surface area contributed by atoms with Gasteiger partial charge in [0.2, 0.25) is 5.91 Å². The maximum Gasteiger partial charge on any atom is 0.416 e. The smallest absolute Gasteiger partial charge is 0.338 e. The second-order valence-electron chi connectivity index (χ2n) is 6.02. The number of rotatable bonds is 4. The molecule has 1 aromatic carbocycles.